The van der Waals surface area contributed by atoms with Crippen LogP contribution in [-0.2, 0) is 9.59 Å². The van der Waals surface area contributed by atoms with Crippen LogP contribution in [0.25, 0.3) is 0 Å². The molecule has 1 amide bonds. The quantitative estimate of drug-likeness (QED) is 0.458. The number of amides is 1. The minimum absolute atomic E-state index is 0.144. The average molecular weight is 249 g/mol. The van der Waals surface area contributed by atoms with Crippen molar-refractivity contribution in [1.82, 2.24) is 5.23 Å². The Kier molecular flexibility index (Phi) is 7.77. The Hall–Kier alpha value is -0.295. The van der Waals surface area contributed by atoms with Crippen molar-refractivity contribution in [1.29, 1.82) is 0 Å². The smallest absolute Gasteiger partial charge is 0.305 e. The zero-order chi connectivity index (χ0) is 11.8. The molecule has 0 aromatic heterocycles. The minimum atomic E-state index is -0.954. The van der Waals surface area contributed by atoms with Gasteiger partial charge in [-0.25, -0.2) is 12.5 Å². The number of rotatable bonds is 7. The Bertz CT molecular complexity index is 228. The number of carboxylic acid groups (broad SMARTS) is 1. The van der Waals surface area contributed by atoms with Crippen LogP contribution in [-0.4, -0.2) is 34.2 Å². The van der Waals surface area contributed by atoms with Gasteiger partial charge in [0.2, 0.25) is 5.91 Å². The van der Waals surface area contributed by atoms with Gasteiger partial charge in [0.05, 0.1) is 11.7 Å². The number of carbonyl (C=O) groups is 2. The summed E-state index contributed by atoms with van der Waals surface area (Å²) in [6.45, 7) is 4.22. The van der Waals surface area contributed by atoms with Crippen molar-refractivity contribution in [3.05, 3.63) is 0 Å². The topological polar surface area (TPSA) is 66.4 Å². The van der Waals surface area contributed by atoms with E-state index in [0.29, 0.717) is 0 Å². The molecule has 0 fully saturated rings. The fraction of sp³-hybridized carbons (Fsp3) is 0.750. The largest absolute Gasteiger partial charge is 0.481 e. The lowest BCUT2D eigenvalue weighted by molar-refractivity contribution is -0.138. The Balaban J connectivity index is 4.29. The molecular weight excluding hydrogens is 233 g/mol. The van der Waals surface area contributed by atoms with Gasteiger partial charge in [0.25, 0.3) is 0 Å². The first-order valence-electron chi connectivity index (χ1n) is 4.77. The van der Waals surface area contributed by atoms with Crippen molar-refractivity contribution in [2.24, 2.45) is 0 Å². The monoisotopic (exact) mass is 249 g/mol. The third kappa shape index (κ3) is 6.73. The van der Waals surface area contributed by atoms with Gasteiger partial charge < -0.3 is 10.3 Å². The predicted molar refractivity (Wildman–Crippen MR) is 67.7 cm³/mol. The maximum atomic E-state index is 11.5. The van der Waals surface area contributed by atoms with Gasteiger partial charge in [-0.2, -0.15) is 0 Å². The predicted octanol–water partition coefficient (Wildman–Crippen LogP) is 0.674. The molecule has 0 aliphatic rings. The van der Waals surface area contributed by atoms with Crippen LogP contribution in [0.2, 0.25) is 0 Å². The molecule has 0 bridgehead atoms. The number of hydrogen-bond donors (Lipinski definition) is 3. The molecule has 0 saturated heterocycles. The standard InChI is InChI=1S/C8H16BNO3S2/c1-3-5(2)15-6(4-7(11)12)8(13)10-9-14/h5-6,9,14H,3-4H2,1-2H3,(H,10,13)(H,11,12). The summed E-state index contributed by atoms with van der Waals surface area (Å²) < 4.78 is 0. The van der Waals surface area contributed by atoms with E-state index in [4.69, 9.17) is 5.11 Å². The molecule has 7 heteroatoms. The van der Waals surface area contributed by atoms with Crippen LogP contribution >= 0.6 is 24.2 Å². The molecule has 0 spiro atoms. The zero-order valence-corrected chi connectivity index (χ0v) is 10.6. The number of thiol groups is 1. The molecule has 0 rings (SSSR count). The van der Waals surface area contributed by atoms with Gasteiger partial charge >= 0.3 is 12.7 Å². The maximum absolute atomic E-state index is 11.5. The van der Waals surface area contributed by atoms with Crippen molar-refractivity contribution in [3.8, 4) is 0 Å². The third-order valence-electron chi connectivity index (χ3n) is 1.88. The molecule has 0 aromatic rings. The number of aliphatic carboxylic acids is 1. The lowest BCUT2D eigenvalue weighted by Crippen LogP contribution is -2.35. The van der Waals surface area contributed by atoms with Gasteiger partial charge in [-0.1, -0.05) is 13.8 Å². The lowest BCUT2D eigenvalue weighted by Gasteiger charge is -2.17. The lowest BCUT2D eigenvalue weighted by atomic mass is 10.2. The van der Waals surface area contributed by atoms with E-state index < -0.39 is 11.2 Å². The van der Waals surface area contributed by atoms with Gasteiger partial charge in [0, 0.05) is 5.25 Å². The van der Waals surface area contributed by atoms with Gasteiger partial charge in [-0.3, -0.25) is 9.59 Å². The first-order valence-corrected chi connectivity index (χ1v) is 6.34. The van der Waals surface area contributed by atoms with Crippen LogP contribution in [0.4, 0.5) is 0 Å². The molecule has 0 radical (unpaired) electrons. The summed E-state index contributed by atoms with van der Waals surface area (Å²) in [6.07, 6.45) is 0.767. The van der Waals surface area contributed by atoms with E-state index in [1.807, 2.05) is 13.8 Å². The van der Waals surface area contributed by atoms with Crippen molar-refractivity contribution < 1.29 is 14.7 Å². The number of carboxylic acids is 1. The Morgan fingerprint density at radius 1 is 1.60 bits per heavy atom. The normalized spacial score (nSPS) is 14.1. The summed E-state index contributed by atoms with van der Waals surface area (Å²) in [6, 6.07) is 0. The third-order valence-corrected chi connectivity index (χ3v) is 3.54. The van der Waals surface area contributed by atoms with E-state index in [2.05, 4.69) is 17.7 Å². The van der Waals surface area contributed by atoms with Gasteiger partial charge in [0.1, 0.15) is 0 Å². The van der Waals surface area contributed by atoms with Crippen LogP contribution in [0.15, 0.2) is 0 Å². The highest BCUT2D eigenvalue weighted by atomic mass is 32.2. The fourth-order valence-electron chi connectivity index (χ4n) is 0.930. The zero-order valence-electron chi connectivity index (χ0n) is 8.90. The van der Waals surface area contributed by atoms with Gasteiger partial charge in [-0.05, 0) is 6.42 Å². The van der Waals surface area contributed by atoms with Crippen LogP contribution in [0.5, 0.6) is 0 Å². The number of thioether (sulfide) groups is 1. The van der Waals surface area contributed by atoms with E-state index in [0.717, 1.165) is 6.42 Å². The summed E-state index contributed by atoms with van der Waals surface area (Å²) in [5.74, 6) is -1.21. The highest BCUT2D eigenvalue weighted by Gasteiger charge is 2.23. The van der Waals surface area contributed by atoms with Crippen molar-refractivity contribution in [3.63, 3.8) is 0 Å². The highest BCUT2D eigenvalue weighted by molar-refractivity contribution is 8.06. The van der Waals surface area contributed by atoms with E-state index in [9.17, 15) is 9.59 Å². The molecule has 86 valence electrons. The van der Waals surface area contributed by atoms with Crippen molar-refractivity contribution in [2.75, 3.05) is 0 Å². The second-order valence-corrected chi connectivity index (χ2v) is 5.10. The first-order chi connectivity index (χ1) is 7.01. The SMILES string of the molecule is CCC(C)SC(CC(=O)O)C(=O)NBS. The van der Waals surface area contributed by atoms with E-state index in [1.54, 1.807) is 0 Å². The summed E-state index contributed by atoms with van der Waals surface area (Å²) in [5, 5.41) is 10.9. The van der Waals surface area contributed by atoms with Crippen LogP contribution < -0.4 is 5.23 Å². The maximum Gasteiger partial charge on any atom is 0.305 e. The van der Waals surface area contributed by atoms with Crippen LogP contribution in [0.1, 0.15) is 26.7 Å². The summed E-state index contributed by atoms with van der Waals surface area (Å²) in [4.78, 5) is 22.1. The second kappa shape index (κ2) is 7.93. The molecule has 4 nitrogen and oxygen atoms in total. The molecule has 0 saturated carbocycles. The average Bonchev–Trinajstić information content (AvgIpc) is 2.16. The minimum Gasteiger partial charge on any atom is -0.481 e. The number of nitrogens with one attached hydrogen (secondary N) is 1. The summed E-state index contributed by atoms with van der Waals surface area (Å²) in [7, 11) is 0. The molecule has 0 aromatic carbocycles. The summed E-state index contributed by atoms with van der Waals surface area (Å²) >= 11 is 5.26. The molecule has 2 N–H and O–H groups in total. The number of carbonyl (C=O) groups excluding carboxylic acids is 1. The highest BCUT2D eigenvalue weighted by Crippen LogP contribution is 2.22. The molecule has 0 heterocycles. The molecular formula is C8H16BNO3S2. The van der Waals surface area contributed by atoms with E-state index in [1.165, 1.54) is 11.8 Å². The van der Waals surface area contributed by atoms with E-state index in [-0.39, 0.29) is 24.3 Å². The van der Waals surface area contributed by atoms with Crippen molar-refractivity contribution in [2.45, 2.75) is 37.2 Å². The molecule has 0 aliphatic carbocycles. The van der Waals surface area contributed by atoms with Crippen LogP contribution in [0, 0.1) is 0 Å². The molecule has 0 aliphatic heterocycles. The second-order valence-electron chi connectivity index (χ2n) is 3.14. The van der Waals surface area contributed by atoms with E-state index >= 15 is 0 Å². The van der Waals surface area contributed by atoms with Gasteiger partial charge in [-0.15, -0.1) is 11.8 Å². The summed E-state index contributed by atoms with van der Waals surface area (Å²) in [5.41, 5.74) is 0. The Morgan fingerprint density at radius 2 is 2.20 bits per heavy atom. The fourth-order valence-corrected chi connectivity index (χ4v) is 2.28. The number of hydrogen-bond acceptors (Lipinski definition) is 4. The molecule has 2 atom stereocenters. The van der Waals surface area contributed by atoms with Crippen LogP contribution in [0.3, 0.4) is 0 Å². The first kappa shape index (κ1) is 14.7. The Morgan fingerprint density at radius 3 is 2.60 bits per heavy atom. The molecule has 15 heavy (non-hydrogen) atoms. The van der Waals surface area contributed by atoms with Crippen molar-refractivity contribution >= 4 is 42.8 Å². The Labute approximate surface area is 100 Å². The molecule has 2 unspecified atom stereocenters. The van der Waals surface area contributed by atoms with Gasteiger partial charge in [0.15, 0.2) is 0 Å².